The highest BCUT2D eigenvalue weighted by molar-refractivity contribution is 5.75. The van der Waals surface area contributed by atoms with Crippen molar-refractivity contribution in [3.8, 4) is 22.8 Å². The van der Waals surface area contributed by atoms with Gasteiger partial charge in [-0.15, -0.1) is 0 Å². The summed E-state index contributed by atoms with van der Waals surface area (Å²) in [7, 11) is 2.21. The second kappa shape index (κ2) is 7.09. The average molecular weight is 369 g/mol. The van der Waals surface area contributed by atoms with Crippen LogP contribution in [0.2, 0.25) is 0 Å². The largest absolute Gasteiger partial charge is 0.343 e. The predicted molar refractivity (Wildman–Crippen MR) is 111 cm³/mol. The predicted octanol–water partition coefficient (Wildman–Crippen LogP) is 4.00. The van der Waals surface area contributed by atoms with Crippen molar-refractivity contribution in [3.63, 3.8) is 0 Å². The van der Waals surface area contributed by atoms with Crippen molar-refractivity contribution in [3.05, 3.63) is 84.4 Å². The summed E-state index contributed by atoms with van der Waals surface area (Å²) >= 11 is 0. The standard InChI is InChI=1S/C23H23N5/c1-27-14-19-10-6-5-9-18(19)13-20(27)15-28-16-26-21(17-7-3-2-4-8-17)22(28)23-24-11-12-25-23/h2-12,16,20H,13-15H2,1H3,(H,24,25)/t20-/m0/s1. The molecule has 3 heterocycles. The first-order chi connectivity index (χ1) is 13.8. The van der Waals surface area contributed by atoms with E-state index in [2.05, 4.69) is 62.9 Å². The van der Waals surface area contributed by atoms with E-state index in [1.54, 1.807) is 6.20 Å². The third kappa shape index (κ3) is 3.04. The van der Waals surface area contributed by atoms with Crippen molar-refractivity contribution in [2.24, 2.45) is 0 Å². The number of imidazole rings is 2. The fourth-order valence-electron chi connectivity index (χ4n) is 4.12. The Bertz CT molecular complexity index is 1070. The Hall–Kier alpha value is -3.18. The van der Waals surface area contributed by atoms with Crippen LogP contribution >= 0.6 is 0 Å². The first-order valence-corrected chi connectivity index (χ1v) is 9.67. The molecule has 4 aromatic rings. The lowest BCUT2D eigenvalue weighted by molar-refractivity contribution is 0.195. The fraction of sp³-hybridized carbons (Fsp3) is 0.217. The Labute approximate surface area is 164 Å². The van der Waals surface area contributed by atoms with E-state index >= 15 is 0 Å². The molecule has 2 aromatic heterocycles. The van der Waals surface area contributed by atoms with Crippen molar-refractivity contribution >= 4 is 0 Å². The number of likely N-dealkylation sites (N-methyl/N-ethyl adjacent to an activating group) is 1. The van der Waals surface area contributed by atoms with Crippen LogP contribution < -0.4 is 0 Å². The number of hydrogen-bond donors (Lipinski definition) is 1. The van der Waals surface area contributed by atoms with Gasteiger partial charge in [-0.05, 0) is 24.6 Å². The SMILES string of the molecule is CN1Cc2ccccc2C[C@H]1Cn1cnc(-c2ccccc2)c1-c1ncc[nH]1. The lowest BCUT2D eigenvalue weighted by Gasteiger charge is -2.34. The molecule has 0 saturated heterocycles. The van der Waals surface area contributed by atoms with Crippen molar-refractivity contribution in [2.45, 2.75) is 25.6 Å². The number of hydrogen-bond acceptors (Lipinski definition) is 3. The second-order valence-corrected chi connectivity index (χ2v) is 7.44. The fourth-order valence-corrected chi connectivity index (χ4v) is 4.12. The van der Waals surface area contributed by atoms with Crippen molar-refractivity contribution < 1.29 is 0 Å². The highest BCUT2D eigenvalue weighted by Crippen LogP contribution is 2.30. The zero-order valence-corrected chi connectivity index (χ0v) is 15.9. The molecule has 5 heteroatoms. The Balaban J connectivity index is 1.52. The maximum atomic E-state index is 4.76. The molecule has 0 spiro atoms. The van der Waals surface area contributed by atoms with Crippen LogP contribution in [-0.2, 0) is 19.5 Å². The number of nitrogens with one attached hydrogen (secondary N) is 1. The number of nitrogens with zero attached hydrogens (tertiary/aromatic N) is 4. The summed E-state index contributed by atoms with van der Waals surface area (Å²) < 4.78 is 2.25. The third-order valence-corrected chi connectivity index (χ3v) is 5.63. The van der Waals surface area contributed by atoms with E-state index in [1.165, 1.54) is 11.1 Å². The summed E-state index contributed by atoms with van der Waals surface area (Å²) in [6.07, 6.45) is 6.66. The van der Waals surface area contributed by atoms with Crippen molar-refractivity contribution in [2.75, 3.05) is 7.05 Å². The maximum absolute atomic E-state index is 4.76. The number of H-pyrrole nitrogens is 1. The molecule has 0 fully saturated rings. The van der Waals surface area contributed by atoms with Gasteiger partial charge in [-0.1, -0.05) is 54.6 Å². The van der Waals surface area contributed by atoms with Crippen molar-refractivity contribution in [1.82, 2.24) is 24.4 Å². The molecule has 0 unspecified atom stereocenters. The summed E-state index contributed by atoms with van der Waals surface area (Å²) in [6.45, 7) is 1.86. The van der Waals surface area contributed by atoms with Crippen molar-refractivity contribution in [1.29, 1.82) is 0 Å². The van der Waals surface area contributed by atoms with E-state index in [0.717, 1.165) is 42.3 Å². The topological polar surface area (TPSA) is 49.7 Å². The van der Waals surface area contributed by atoms with Crippen LogP contribution in [0.15, 0.2) is 73.3 Å². The summed E-state index contributed by atoms with van der Waals surface area (Å²) in [5.41, 5.74) is 6.00. The molecule has 0 radical (unpaired) electrons. The molecule has 0 saturated carbocycles. The van der Waals surface area contributed by atoms with Gasteiger partial charge >= 0.3 is 0 Å². The van der Waals surface area contributed by atoms with Gasteiger partial charge in [-0.3, -0.25) is 4.90 Å². The molecule has 1 N–H and O–H groups in total. The van der Waals surface area contributed by atoms with Crippen LogP contribution in [0.25, 0.3) is 22.8 Å². The van der Waals surface area contributed by atoms with Gasteiger partial charge in [0.2, 0.25) is 0 Å². The normalized spacial score (nSPS) is 16.8. The van der Waals surface area contributed by atoms with Gasteiger partial charge in [-0.2, -0.15) is 0 Å². The number of benzene rings is 2. The average Bonchev–Trinajstić information content (AvgIpc) is 3.39. The molecule has 1 aliphatic heterocycles. The van der Waals surface area contributed by atoms with Crippen LogP contribution in [0.5, 0.6) is 0 Å². The molecule has 2 aromatic carbocycles. The highest BCUT2D eigenvalue weighted by atomic mass is 15.2. The van der Waals surface area contributed by atoms with Crippen LogP contribution in [0.4, 0.5) is 0 Å². The molecule has 5 rings (SSSR count). The number of fused-ring (bicyclic) bond motifs is 1. The molecule has 1 atom stereocenters. The summed E-state index contributed by atoms with van der Waals surface area (Å²) in [6, 6.07) is 19.5. The van der Waals surface area contributed by atoms with Crippen LogP contribution in [0, 0.1) is 0 Å². The Morgan fingerprint density at radius 3 is 2.57 bits per heavy atom. The van der Waals surface area contributed by atoms with Gasteiger partial charge in [0.1, 0.15) is 5.69 Å². The Morgan fingerprint density at radius 1 is 1.00 bits per heavy atom. The molecule has 28 heavy (non-hydrogen) atoms. The minimum Gasteiger partial charge on any atom is -0.343 e. The molecule has 5 nitrogen and oxygen atoms in total. The summed E-state index contributed by atoms with van der Waals surface area (Å²) in [4.78, 5) is 15.0. The minimum atomic E-state index is 0.418. The van der Waals surface area contributed by atoms with E-state index in [-0.39, 0.29) is 0 Å². The van der Waals surface area contributed by atoms with Crippen LogP contribution in [0.3, 0.4) is 0 Å². The summed E-state index contributed by atoms with van der Waals surface area (Å²) in [5, 5.41) is 0. The van der Waals surface area contributed by atoms with E-state index in [1.807, 2.05) is 30.7 Å². The second-order valence-electron chi connectivity index (χ2n) is 7.44. The van der Waals surface area contributed by atoms with E-state index in [4.69, 9.17) is 4.98 Å². The van der Waals surface area contributed by atoms with Gasteiger partial charge < -0.3 is 9.55 Å². The summed E-state index contributed by atoms with van der Waals surface area (Å²) in [5.74, 6) is 0.857. The van der Waals surface area contributed by atoms with E-state index in [0.29, 0.717) is 6.04 Å². The van der Waals surface area contributed by atoms with Gasteiger partial charge in [0.25, 0.3) is 0 Å². The molecule has 140 valence electrons. The third-order valence-electron chi connectivity index (χ3n) is 5.63. The van der Waals surface area contributed by atoms with Gasteiger partial charge in [0.05, 0.1) is 12.0 Å². The van der Waals surface area contributed by atoms with E-state index in [9.17, 15) is 0 Å². The smallest absolute Gasteiger partial charge is 0.156 e. The molecular formula is C23H23N5. The maximum Gasteiger partial charge on any atom is 0.156 e. The van der Waals surface area contributed by atoms with Gasteiger partial charge in [0.15, 0.2) is 5.82 Å². The number of aromatic nitrogens is 4. The first-order valence-electron chi connectivity index (χ1n) is 9.67. The van der Waals surface area contributed by atoms with Gasteiger partial charge in [0, 0.05) is 37.1 Å². The van der Waals surface area contributed by atoms with Crippen LogP contribution in [0.1, 0.15) is 11.1 Å². The van der Waals surface area contributed by atoms with E-state index < -0.39 is 0 Å². The number of rotatable bonds is 4. The highest BCUT2D eigenvalue weighted by Gasteiger charge is 2.25. The zero-order valence-electron chi connectivity index (χ0n) is 15.9. The van der Waals surface area contributed by atoms with Gasteiger partial charge in [-0.25, -0.2) is 9.97 Å². The monoisotopic (exact) mass is 369 g/mol. The zero-order chi connectivity index (χ0) is 18.9. The molecule has 1 aliphatic rings. The minimum absolute atomic E-state index is 0.418. The number of aromatic amines is 1. The van der Waals surface area contributed by atoms with Crippen LogP contribution in [-0.4, -0.2) is 37.5 Å². The quantitative estimate of drug-likeness (QED) is 0.592. The molecule has 0 aliphatic carbocycles. The lowest BCUT2D eigenvalue weighted by atomic mass is 9.94. The Kier molecular flexibility index (Phi) is 4.29. The lowest BCUT2D eigenvalue weighted by Crippen LogP contribution is -2.40. The molecule has 0 amide bonds. The Morgan fingerprint density at radius 2 is 1.79 bits per heavy atom. The first kappa shape index (κ1) is 17.0. The molecular weight excluding hydrogens is 346 g/mol. The molecule has 0 bridgehead atoms.